The SMILES string of the molecule is Cn1cc(S(=O)(=O)N2CCCCC2)cc1C(=O)NCc1ccc(N2CCSCC2)cc1. The molecule has 0 radical (unpaired) electrons. The van der Waals surface area contributed by atoms with Gasteiger partial charge in [-0.05, 0) is 36.6 Å². The number of nitrogens with one attached hydrogen (secondary N) is 1. The lowest BCUT2D eigenvalue weighted by Crippen LogP contribution is -2.35. The van der Waals surface area contributed by atoms with Gasteiger partial charge in [-0.1, -0.05) is 18.6 Å². The minimum Gasteiger partial charge on any atom is -0.370 e. The van der Waals surface area contributed by atoms with Gasteiger partial charge >= 0.3 is 0 Å². The van der Waals surface area contributed by atoms with E-state index in [1.807, 2.05) is 23.9 Å². The van der Waals surface area contributed by atoms with Gasteiger partial charge in [0.25, 0.3) is 5.91 Å². The summed E-state index contributed by atoms with van der Waals surface area (Å²) in [5.41, 5.74) is 2.57. The molecule has 3 heterocycles. The predicted molar refractivity (Wildman–Crippen MR) is 125 cm³/mol. The highest BCUT2D eigenvalue weighted by Crippen LogP contribution is 2.23. The summed E-state index contributed by atoms with van der Waals surface area (Å²) in [5.74, 6) is 2.04. The highest BCUT2D eigenvalue weighted by molar-refractivity contribution is 7.99. The zero-order valence-electron chi connectivity index (χ0n) is 17.9. The van der Waals surface area contributed by atoms with Crippen LogP contribution < -0.4 is 10.2 Å². The molecule has 1 aromatic heterocycles. The van der Waals surface area contributed by atoms with Gasteiger partial charge in [0.1, 0.15) is 10.6 Å². The summed E-state index contributed by atoms with van der Waals surface area (Å²) < 4.78 is 28.9. The fourth-order valence-corrected chi connectivity index (χ4v) is 6.57. The number of rotatable bonds is 6. The first-order valence-corrected chi connectivity index (χ1v) is 13.4. The number of sulfonamides is 1. The van der Waals surface area contributed by atoms with Gasteiger partial charge in [-0.3, -0.25) is 4.79 Å². The predicted octanol–water partition coefficient (Wildman–Crippen LogP) is 2.68. The standard InChI is InChI=1S/C22H30N4O3S2/c1-24-17-20(31(28,29)26-9-3-2-4-10-26)15-21(24)22(27)23-16-18-5-7-19(8-6-18)25-11-13-30-14-12-25/h5-8,15,17H,2-4,9-14,16H2,1H3,(H,23,27). The Hall–Kier alpha value is -1.97. The lowest BCUT2D eigenvalue weighted by atomic mass is 10.2. The van der Waals surface area contributed by atoms with Gasteiger partial charge < -0.3 is 14.8 Å². The van der Waals surface area contributed by atoms with E-state index >= 15 is 0 Å². The van der Waals surface area contributed by atoms with Crippen molar-refractivity contribution in [1.82, 2.24) is 14.2 Å². The quantitative estimate of drug-likeness (QED) is 0.715. The second kappa shape index (κ2) is 9.67. The summed E-state index contributed by atoms with van der Waals surface area (Å²) in [4.78, 5) is 15.3. The second-order valence-electron chi connectivity index (χ2n) is 8.09. The van der Waals surface area contributed by atoms with Crippen LogP contribution in [-0.4, -0.2) is 60.9 Å². The van der Waals surface area contributed by atoms with Gasteiger partial charge in [-0.2, -0.15) is 16.1 Å². The smallest absolute Gasteiger partial charge is 0.268 e. The van der Waals surface area contributed by atoms with Gasteiger partial charge in [0.15, 0.2) is 0 Å². The highest BCUT2D eigenvalue weighted by Gasteiger charge is 2.28. The Bertz CT molecular complexity index is 1010. The maximum atomic E-state index is 12.9. The number of piperidine rings is 1. The van der Waals surface area contributed by atoms with E-state index < -0.39 is 10.0 Å². The molecule has 0 atom stereocenters. The number of thioether (sulfide) groups is 1. The van der Waals surface area contributed by atoms with Crippen molar-refractivity contribution in [3.8, 4) is 0 Å². The van der Waals surface area contributed by atoms with Crippen molar-refractivity contribution in [3.63, 3.8) is 0 Å². The molecule has 9 heteroatoms. The van der Waals surface area contributed by atoms with E-state index in [2.05, 4.69) is 22.3 Å². The summed E-state index contributed by atoms with van der Waals surface area (Å²) in [6.45, 7) is 3.62. The summed E-state index contributed by atoms with van der Waals surface area (Å²) in [6, 6.07) is 9.76. The molecule has 0 aliphatic carbocycles. The van der Waals surface area contributed by atoms with Crippen LogP contribution >= 0.6 is 11.8 Å². The second-order valence-corrected chi connectivity index (χ2v) is 11.2. The molecule has 2 aliphatic rings. The average Bonchev–Trinajstić information content (AvgIpc) is 3.21. The van der Waals surface area contributed by atoms with Crippen LogP contribution in [0.3, 0.4) is 0 Å². The zero-order valence-corrected chi connectivity index (χ0v) is 19.6. The van der Waals surface area contributed by atoms with Crippen LogP contribution in [0.5, 0.6) is 0 Å². The minimum absolute atomic E-state index is 0.186. The van der Waals surface area contributed by atoms with E-state index in [9.17, 15) is 13.2 Å². The number of nitrogens with zero attached hydrogens (tertiary/aromatic N) is 3. The van der Waals surface area contributed by atoms with Crippen LogP contribution in [-0.2, 0) is 23.6 Å². The molecule has 1 N–H and O–H groups in total. The third-order valence-corrected chi connectivity index (χ3v) is 8.74. The minimum atomic E-state index is -3.55. The Labute approximate surface area is 188 Å². The molecule has 0 bridgehead atoms. The van der Waals surface area contributed by atoms with Crippen molar-refractivity contribution < 1.29 is 13.2 Å². The molecular formula is C22H30N4O3S2. The highest BCUT2D eigenvalue weighted by atomic mass is 32.2. The molecule has 0 spiro atoms. The number of amides is 1. The number of hydrogen-bond donors (Lipinski definition) is 1. The Kier molecular flexibility index (Phi) is 6.93. The van der Waals surface area contributed by atoms with Crippen LogP contribution in [0.25, 0.3) is 0 Å². The van der Waals surface area contributed by atoms with Crippen LogP contribution in [0.15, 0.2) is 41.4 Å². The van der Waals surface area contributed by atoms with Crippen molar-refractivity contribution in [2.75, 3.05) is 42.6 Å². The maximum Gasteiger partial charge on any atom is 0.268 e. The molecule has 2 aromatic rings. The average molecular weight is 463 g/mol. The zero-order chi connectivity index (χ0) is 21.8. The molecule has 0 saturated carbocycles. The van der Waals surface area contributed by atoms with E-state index in [1.54, 1.807) is 11.6 Å². The van der Waals surface area contributed by atoms with Gasteiger partial charge in [-0.15, -0.1) is 0 Å². The van der Waals surface area contributed by atoms with Crippen molar-refractivity contribution in [2.24, 2.45) is 7.05 Å². The van der Waals surface area contributed by atoms with E-state index in [4.69, 9.17) is 0 Å². The molecule has 1 amide bonds. The summed E-state index contributed by atoms with van der Waals surface area (Å²) in [6.07, 6.45) is 4.36. The molecule has 168 valence electrons. The van der Waals surface area contributed by atoms with Gasteiger partial charge in [0, 0.05) is 63.2 Å². The Balaban J connectivity index is 1.38. The van der Waals surface area contributed by atoms with E-state index in [-0.39, 0.29) is 10.8 Å². The Morgan fingerprint density at radius 2 is 1.71 bits per heavy atom. The number of aryl methyl sites for hydroxylation is 1. The first-order chi connectivity index (χ1) is 14.9. The monoisotopic (exact) mass is 462 g/mol. The normalized spacial score (nSPS) is 18.2. The van der Waals surface area contributed by atoms with E-state index in [1.165, 1.54) is 22.3 Å². The fourth-order valence-electron chi connectivity index (χ4n) is 4.07. The Morgan fingerprint density at radius 1 is 1.03 bits per heavy atom. The van der Waals surface area contributed by atoms with Crippen molar-refractivity contribution in [1.29, 1.82) is 0 Å². The van der Waals surface area contributed by atoms with Crippen LogP contribution in [0.2, 0.25) is 0 Å². The summed E-state index contributed by atoms with van der Waals surface area (Å²) in [5, 5.41) is 2.91. The maximum absolute atomic E-state index is 12.9. The number of carbonyl (C=O) groups is 1. The molecule has 4 rings (SSSR count). The van der Waals surface area contributed by atoms with Gasteiger partial charge in [0.2, 0.25) is 10.0 Å². The van der Waals surface area contributed by atoms with Crippen LogP contribution in [0, 0.1) is 0 Å². The molecule has 0 unspecified atom stereocenters. The summed E-state index contributed by atoms with van der Waals surface area (Å²) >= 11 is 1.99. The van der Waals surface area contributed by atoms with Crippen molar-refractivity contribution in [3.05, 3.63) is 47.8 Å². The third-order valence-electron chi connectivity index (χ3n) is 5.93. The topological polar surface area (TPSA) is 74.6 Å². The number of benzene rings is 1. The molecular weight excluding hydrogens is 432 g/mol. The fraction of sp³-hybridized carbons (Fsp3) is 0.500. The van der Waals surface area contributed by atoms with Crippen molar-refractivity contribution >= 4 is 33.4 Å². The lowest BCUT2D eigenvalue weighted by molar-refractivity contribution is 0.0942. The van der Waals surface area contributed by atoms with Crippen LogP contribution in [0.1, 0.15) is 35.3 Å². The molecule has 2 saturated heterocycles. The van der Waals surface area contributed by atoms with Crippen LogP contribution in [0.4, 0.5) is 5.69 Å². The number of carbonyl (C=O) groups excluding carboxylic acids is 1. The first-order valence-electron chi connectivity index (χ1n) is 10.8. The number of anilines is 1. The first kappa shape index (κ1) is 22.2. The van der Waals surface area contributed by atoms with E-state index in [0.717, 1.165) is 49.4 Å². The molecule has 31 heavy (non-hydrogen) atoms. The number of aromatic nitrogens is 1. The molecule has 7 nitrogen and oxygen atoms in total. The molecule has 2 aliphatic heterocycles. The largest absolute Gasteiger partial charge is 0.370 e. The van der Waals surface area contributed by atoms with Gasteiger partial charge in [0.05, 0.1) is 0 Å². The number of hydrogen-bond acceptors (Lipinski definition) is 5. The third kappa shape index (κ3) is 5.10. The summed E-state index contributed by atoms with van der Waals surface area (Å²) in [7, 11) is -1.85. The molecule has 2 fully saturated rings. The molecule has 1 aromatic carbocycles. The van der Waals surface area contributed by atoms with Gasteiger partial charge in [-0.25, -0.2) is 8.42 Å². The Morgan fingerprint density at radius 3 is 2.39 bits per heavy atom. The lowest BCUT2D eigenvalue weighted by Gasteiger charge is -2.28. The van der Waals surface area contributed by atoms with E-state index in [0.29, 0.717) is 25.3 Å². The van der Waals surface area contributed by atoms with Crippen molar-refractivity contribution in [2.45, 2.75) is 30.7 Å².